The first-order chi connectivity index (χ1) is 14.5. The van der Waals surface area contributed by atoms with E-state index in [0.717, 1.165) is 33.7 Å². The van der Waals surface area contributed by atoms with Crippen LogP contribution in [0.5, 0.6) is 5.75 Å². The van der Waals surface area contributed by atoms with Gasteiger partial charge in [0.25, 0.3) is 0 Å². The van der Waals surface area contributed by atoms with E-state index >= 15 is 0 Å². The van der Waals surface area contributed by atoms with E-state index in [0.29, 0.717) is 23.6 Å². The summed E-state index contributed by atoms with van der Waals surface area (Å²) < 4.78 is 15.5. The molecule has 0 aliphatic heterocycles. The Labute approximate surface area is 178 Å². The van der Waals surface area contributed by atoms with Crippen molar-refractivity contribution < 1.29 is 14.3 Å². The highest BCUT2D eigenvalue weighted by molar-refractivity contribution is 7.09. The number of aromatic nitrogens is 2. The Hall–Kier alpha value is -3.44. The van der Waals surface area contributed by atoms with Crippen LogP contribution in [0.25, 0.3) is 22.0 Å². The molecule has 0 spiro atoms. The predicted octanol–water partition coefficient (Wildman–Crippen LogP) is 4.61. The number of nitrogens with two attached hydrogens (primary N) is 1. The minimum absolute atomic E-state index is 0.0152. The maximum atomic E-state index is 11.2. The molecule has 1 unspecified atom stereocenters. The average molecular weight is 420 g/mol. The van der Waals surface area contributed by atoms with Gasteiger partial charge in [0.1, 0.15) is 22.9 Å². The SMILES string of the molecule is CC(C)Oc1ccc(-c2nc(-c3cccc4c3CCC4OC(N)=O)ns2)cc1C#N. The van der Waals surface area contributed by atoms with E-state index in [-0.39, 0.29) is 12.2 Å². The van der Waals surface area contributed by atoms with Crippen molar-refractivity contribution in [2.24, 2.45) is 5.73 Å². The summed E-state index contributed by atoms with van der Waals surface area (Å²) in [6, 6.07) is 13.5. The second kappa shape index (κ2) is 8.13. The molecule has 7 nitrogen and oxygen atoms in total. The number of carbonyl (C=O) groups is 1. The third-order valence-corrected chi connectivity index (χ3v) is 5.61. The molecule has 1 atom stereocenters. The van der Waals surface area contributed by atoms with Gasteiger partial charge in [0.15, 0.2) is 5.82 Å². The summed E-state index contributed by atoms with van der Waals surface area (Å²) in [7, 11) is 0. The van der Waals surface area contributed by atoms with Crippen LogP contribution >= 0.6 is 11.5 Å². The average Bonchev–Trinajstić information content (AvgIpc) is 3.35. The lowest BCUT2D eigenvalue weighted by Gasteiger charge is -2.12. The zero-order valence-electron chi connectivity index (χ0n) is 16.6. The van der Waals surface area contributed by atoms with Gasteiger partial charge in [0, 0.05) is 11.1 Å². The molecule has 0 fully saturated rings. The number of ether oxygens (including phenoxy) is 2. The van der Waals surface area contributed by atoms with Crippen molar-refractivity contribution in [1.82, 2.24) is 9.36 Å². The summed E-state index contributed by atoms with van der Waals surface area (Å²) in [5.74, 6) is 1.18. The standard InChI is InChI=1S/C22H20N4O3S/c1-12(2)28-18-8-6-13(10-14(18)11-23)21-25-20(26-30-21)17-5-3-4-16-15(17)7-9-19(16)29-22(24)27/h3-6,8,10,12,19H,7,9H2,1-2H3,(H2,24,27). The highest BCUT2D eigenvalue weighted by Crippen LogP contribution is 2.39. The molecule has 1 heterocycles. The van der Waals surface area contributed by atoms with Crippen LogP contribution in [0.1, 0.15) is 43.1 Å². The lowest BCUT2D eigenvalue weighted by molar-refractivity contribution is 0.107. The Morgan fingerprint density at radius 3 is 2.90 bits per heavy atom. The first kappa shape index (κ1) is 19.9. The molecule has 0 saturated carbocycles. The Balaban J connectivity index is 1.66. The van der Waals surface area contributed by atoms with E-state index in [1.807, 2.05) is 38.1 Å². The Morgan fingerprint density at radius 1 is 1.33 bits per heavy atom. The fraction of sp³-hybridized carbons (Fsp3) is 0.273. The number of rotatable bonds is 5. The largest absolute Gasteiger partial charge is 0.490 e. The van der Waals surface area contributed by atoms with Gasteiger partial charge in [-0.25, -0.2) is 9.78 Å². The molecule has 1 amide bonds. The second-order valence-corrected chi connectivity index (χ2v) is 8.00. The summed E-state index contributed by atoms with van der Waals surface area (Å²) in [5.41, 5.74) is 9.41. The van der Waals surface area contributed by atoms with Gasteiger partial charge in [-0.1, -0.05) is 18.2 Å². The molecule has 2 aromatic carbocycles. The maximum absolute atomic E-state index is 11.2. The van der Waals surface area contributed by atoms with Crippen LogP contribution in [-0.4, -0.2) is 21.6 Å². The number of carbonyl (C=O) groups excluding carboxylic acids is 1. The van der Waals surface area contributed by atoms with Crippen LogP contribution in [0, 0.1) is 11.3 Å². The van der Waals surface area contributed by atoms with Crippen molar-refractivity contribution in [2.75, 3.05) is 0 Å². The molecular weight excluding hydrogens is 400 g/mol. The number of nitriles is 1. The van der Waals surface area contributed by atoms with E-state index in [9.17, 15) is 10.1 Å². The molecule has 30 heavy (non-hydrogen) atoms. The maximum Gasteiger partial charge on any atom is 0.405 e. The zero-order valence-corrected chi connectivity index (χ0v) is 17.4. The van der Waals surface area contributed by atoms with Crippen LogP contribution in [0.2, 0.25) is 0 Å². The van der Waals surface area contributed by atoms with E-state index in [4.69, 9.17) is 20.2 Å². The molecular formula is C22H20N4O3S. The summed E-state index contributed by atoms with van der Waals surface area (Å²) >= 11 is 1.28. The number of nitrogens with zero attached hydrogens (tertiary/aromatic N) is 3. The fourth-order valence-electron chi connectivity index (χ4n) is 3.65. The third kappa shape index (κ3) is 3.84. The number of hydrogen-bond acceptors (Lipinski definition) is 7. The topological polar surface area (TPSA) is 111 Å². The number of amides is 1. The smallest absolute Gasteiger partial charge is 0.405 e. The van der Waals surface area contributed by atoms with Gasteiger partial charge in [-0.05, 0) is 67.5 Å². The number of primary amides is 1. The summed E-state index contributed by atoms with van der Waals surface area (Å²) in [4.78, 5) is 15.9. The number of benzene rings is 2. The molecule has 0 saturated heterocycles. The van der Waals surface area contributed by atoms with Gasteiger partial charge in [-0.15, -0.1) is 0 Å². The van der Waals surface area contributed by atoms with Gasteiger partial charge in [-0.3, -0.25) is 0 Å². The van der Waals surface area contributed by atoms with Gasteiger partial charge < -0.3 is 15.2 Å². The molecule has 3 aromatic rings. The highest BCUT2D eigenvalue weighted by Gasteiger charge is 2.28. The normalized spacial score (nSPS) is 14.9. The lowest BCUT2D eigenvalue weighted by atomic mass is 10.0. The lowest BCUT2D eigenvalue weighted by Crippen LogP contribution is -2.15. The monoisotopic (exact) mass is 420 g/mol. The highest BCUT2D eigenvalue weighted by atomic mass is 32.1. The molecule has 4 rings (SSSR count). The Kier molecular flexibility index (Phi) is 5.38. The Bertz CT molecular complexity index is 1150. The van der Waals surface area contributed by atoms with Crippen LogP contribution in [0.15, 0.2) is 36.4 Å². The van der Waals surface area contributed by atoms with Gasteiger partial charge in [0.2, 0.25) is 0 Å². The molecule has 1 aromatic heterocycles. The van der Waals surface area contributed by atoms with E-state index in [1.165, 1.54) is 11.5 Å². The van der Waals surface area contributed by atoms with Crippen molar-refractivity contribution in [1.29, 1.82) is 5.26 Å². The molecule has 152 valence electrons. The third-order valence-electron chi connectivity index (χ3n) is 4.85. The zero-order chi connectivity index (χ0) is 21.3. The molecule has 0 radical (unpaired) electrons. The van der Waals surface area contributed by atoms with Gasteiger partial charge in [0.05, 0.1) is 11.7 Å². The quantitative estimate of drug-likeness (QED) is 0.645. The molecule has 1 aliphatic rings. The van der Waals surface area contributed by atoms with Crippen LogP contribution < -0.4 is 10.5 Å². The minimum atomic E-state index is -0.773. The van der Waals surface area contributed by atoms with Crippen LogP contribution in [0.3, 0.4) is 0 Å². The van der Waals surface area contributed by atoms with Gasteiger partial charge >= 0.3 is 6.09 Å². The summed E-state index contributed by atoms with van der Waals surface area (Å²) in [6.45, 7) is 3.84. The van der Waals surface area contributed by atoms with Gasteiger partial charge in [-0.2, -0.15) is 9.64 Å². The first-order valence-electron chi connectivity index (χ1n) is 9.59. The van der Waals surface area contributed by atoms with Crippen molar-refractivity contribution >= 4 is 17.6 Å². The van der Waals surface area contributed by atoms with E-state index in [2.05, 4.69) is 10.4 Å². The molecule has 0 bridgehead atoms. The number of fused-ring (bicyclic) bond motifs is 1. The predicted molar refractivity (Wildman–Crippen MR) is 113 cm³/mol. The van der Waals surface area contributed by atoms with E-state index in [1.54, 1.807) is 12.1 Å². The van der Waals surface area contributed by atoms with Crippen LogP contribution in [0.4, 0.5) is 4.79 Å². The fourth-order valence-corrected chi connectivity index (χ4v) is 4.32. The first-order valence-corrected chi connectivity index (χ1v) is 10.4. The van der Waals surface area contributed by atoms with Crippen LogP contribution in [-0.2, 0) is 11.2 Å². The van der Waals surface area contributed by atoms with Crippen molar-refractivity contribution in [2.45, 2.75) is 38.9 Å². The molecule has 2 N–H and O–H groups in total. The summed E-state index contributed by atoms with van der Waals surface area (Å²) in [5, 5.41) is 10.2. The molecule has 8 heteroatoms. The van der Waals surface area contributed by atoms with E-state index < -0.39 is 6.09 Å². The Morgan fingerprint density at radius 2 is 2.17 bits per heavy atom. The van der Waals surface area contributed by atoms with Crippen molar-refractivity contribution in [3.05, 3.63) is 53.1 Å². The minimum Gasteiger partial charge on any atom is -0.490 e. The number of hydrogen-bond donors (Lipinski definition) is 1. The second-order valence-electron chi connectivity index (χ2n) is 7.25. The summed E-state index contributed by atoms with van der Waals surface area (Å²) in [6.07, 6.45) is 0.332. The van der Waals surface area contributed by atoms with Crippen molar-refractivity contribution in [3.63, 3.8) is 0 Å². The van der Waals surface area contributed by atoms with Crippen molar-refractivity contribution in [3.8, 4) is 33.8 Å². The molecule has 1 aliphatic carbocycles.